The van der Waals surface area contributed by atoms with Crippen LogP contribution in [0.5, 0.6) is 0 Å². The smallest absolute Gasteiger partial charge is 0.462 e. The number of carbonyl (C=O) groups excluding carboxylic acids is 4. The van der Waals surface area contributed by atoms with Crippen LogP contribution in [0.1, 0.15) is 420 Å². The van der Waals surface area contributed by atoms with E-state index in [2.05, 4.69) is 34.6 Å². The maximum Gasteiger partial charge on any atom is 0.472 e. The molecule has 0 aromatic carbocycles. The molecule has 0 amide bonds. The molecular formula is C79H154O17P2. The first kappa shape index (κ1) is 96.1. The molecule has 19 heteroatoms. The lowest BCUT2D eigenvalue weighted by Gasteiger charge is -2.21. The minimum absolute atomic E-state index is 0.107. The van der Waals surface area contributed by atoms with Gasteiger partial charge in [-0.05, 0) is 31.6 Å². The number of hydrogen-bond donors (Lipinski definition) is 3. The van der Waals surface area contributed by atoms with Gasteiger partial charge in [0.15, 0.2) is 12.2 Å². The van der Waals surface area contributed by atoms with Crippen molar-refractivity contribution >= 4 is 39.5 Å². The van der Waals surface area contributed by atoms with Gasteiger partial charge >= 0.3 is 39.5 Å². The Bertz CT molecular complexity index is 1870. The molecule has 0 saturated carbocycles. The number of unbranched alkanes of at least 4 members (excludes halogenated alkanes) is 51. The van der Waals surface area contributed by atoms with Crippen LogP contribution in [0, 0.1) is 5.92 Å². The summed E-state index contributed by atoms with van der Waals surface area (Å²) < 4.78 is 68.6. The molecule has 5 atom stereocenters. The van der Waals surface area contributed by atoms with Crippen molar-refractivity contribution in [3.8, 4) is 0 Å². The third kappa shape index (κ3) is 72.4. The van der Waals surface area contributed by atoms with Gasteiger partial charge in [0.25, 0.3) is 0 Å². The van der Waals surface area contributed by atoms with E-state index in [9.17, 15) is 43.2 Å². The van der Waals surface area contributed by atoms with Crippen molar-refractivity contribution in [2.45, 2.75) is 438 Å². The van der Waals surface area contributed by atoms with E-state index in [1.54, 1.807) is 0 Å². The molecule has 0 radical (unpaired) electrons. The largest absolute Gasteiger partial charge is 0.472 e. The molecule has 582 valence electrons. The van der Waals surface area contributed by atoms with Crippen molar-refractivity contribution in [3.63, 3.8) is 0 Å². The van der Waals surface area contributed by atoms with E-state index in [4.69, 9.17) is 37.0 Å². The van der Waals surface area contributed by atoms with Gasteiger partial charge in [0.1, 0.15) is 19.3 Å². The number of carbonyl (C=O) groups is 4. The maximum absolute atomic E-state index is 13.1. The Hall–Kier alpha value is -1.94. The standard InChI is InChI=1S/C79H154O17P2/c1-6-9-12-15-18-21-23-25-27-29-31-33-35-39-43-48-53-58-63-77(82)90-69-75(96-78(83)64-59-54-49-44-40-36-34-32-30-28-26-24-22-19-16-13-10-7-2)71-94-98(87,88)92-67-73(80)66-91-97(85,86)93-70-74(68-89-76(81)62-57-52-47-20-17-14-11-8-3)95-79(84)65-60-55-50-45-41-37-38-42-46-51-56-61-72(4)5/h72-75,80H,6-71H2,1-5H3,(H,85,86)(H,87,88)/t73-,74+,75+/m0/s1. The summed E-state index contributed by atoms with van der Waals surface area (Å²) >= 11 is 0. The zero-order valence-corrected chi connectivity index (χ0v) is 65.7. The van der Waals surface area contributed by atoms with Crippen molar-refractivity contribution in [1.82, 2.24) is 0 Å². The highest BCUT2D eigenvalue weighted by Gasteiger charge is 2.30. The van der Waals surface area contributed by atoms with Crippen molar-refractivity contribution in [2.24, 2.45) is 5.92 Å². The molecule has 3 N–H and O–H groups in total. The van der Waals surface area contributed by atoms with Gasteiger partial charge in [-0.1, -0.05) is 369 Å². The summed E-state index contributed by atoms with van der Waals surface area (Å²) in [6, 6.07) is 0. The molecular weight excluding hydrogens is 1280 g/mol. The van der Waals surface area contributed by atoms with Gasteiger partial charge in [-0.15, -0.1) is 0 Å². The summed E-state index contributed by atoms with van der Waals surface area (Å²) in [5.41, 5.74) is 0. The molecule has 0 rings (SSSR count). The second kappa shape index (κ2) is 72.0. The summed E-state index contributed by atoms with van der Waals surface area (Å²) in [4.78, 5) is 72.9. The lowest BCUT2D eigenvalue weighted by molar-refractivity contribution is -0.161. The normalized spacial score (nSPS) is 13.9. The minimum Gasteiger partial charge on any atom is -0.462 e. The van der Waals surface area contributed by atoms with E-state index in [0.29, 0.717) is 25.7 Å². The Morgan fingerprint density at radius 2 is 0.469 bits per heavy atom. The van der Waals surface area contributed by atoms with E-state index >= 15 is 0 Å². The number of ether oxygens (including phenoxy) is 4. The lowest BCUT2D eigenvalue weighted by atomic mass is 10.0. The van der Waals surface area contributed by atoms with Crippen LogP contribution in [-0.2, 0) is 65.4 Å². The van der Waals surface area contributed by atoms with Crippen molar-refractivity contribution in [3.05, 3.63) is 0 Å². The Labute approximate surface area is 600 Å². The van der Waals surface area contributed by atoms with Crippen LogP contribution in [0.2, 0.25) is 0 Å². The number of hydrogen-bond acceptors (Lipinski definition) is 15. The molecule has 0 aromatic heterocycles. The zero-order valence-electron chi connectivity index (χ0n) is 63.9. The minimum atomic E-state index is -4.96. The predicted molar refractivity (Wildman–Crippen MR) is 400 cm³/mol. The summed E-state index contributed by atoms with van der Waals surface area (Å²) in [5.74, 6) is -1.35. The molecule has 0 spiro atoms. The van der Waals surface area contributed by atoms with Gasteiger partial charge < -0.3 is 33.8 Å². The molecule has 0 bridgehead atoms. The van der Waals surface area contributed by atoms with Crippen LogP contribution >= 0.6 is 15.6 Å². The second-order valence-corrected chi connectivity index (χ2v) is 31.8. The van der Waals surface area contributed by atoms with Gasteiger partial charge in [0.05, 0.1) is 26.4 Å². The first-order chi connectivity index (χ1) is 47.5. The molecule has 0 fully saturated rings. The highest BCUT2D eigenvalue weighted by atomic mass is 31.2. The highest BCUT2D eigenvalue weighted by molar-refractivity contribution is 7.47. The first-order valence-electron chi connectivity index (χ1n) is 41.1. The van der Waals surface area contributed by atoms with E-state index in [1.165, 1.54) is 238 Å². The highest BCUT2D eigenvalue weighted by Crippen LogP contribution is 2.45. The second-order valence-electron chi connectivity index (χ2n) is 28.9. The number of phosphoric ester groups is 2. The molecule has 2 unspecified atom stereocenters. The Kier molecular flexibility index (Phi) is 70.6. The first-order valence-corrected chi connectivity index (χ1v) is 44.1. The van der Waals surface area contributed by atoms with Gasteiger partial charge in [-0.2, -0.15) is 0 Å². The van der Waals surface area contributed by atoms with Gasteiger partial charge in [-0.3, -0.25) is 37.3 Å². The predicted octanol–water partition coefficient (Wildman–Crippen LogP) is 23.6. The summed E-state index contributed by atoms with van der Waals surface area (Å²) in [7, 11) is -9.91. The van der Waals surface area contributed by atoms with Crippen LogP contribution in [0.4, 0.5) is 0 Å². The van der Waals surface area contributed by atoms with Gasteiger partial charge in [0.2, 0.25) is 0 Å². The number of esters is 4. The van der Waals surface area contributed by atoms with E-state index in [1.807, 2.05) is 0 Å². The van der Waals surface area contributed by atoms with Crippen LogP contribution < -0.4 is 0 Å². The summed E-state index contributed by atoms with van der Waals surface area (Å²) in [5, 5.41) is 10.6. The summed E-state index contributed by atoms with van der Waals surface area (Å²) in [6.45, 7) is 7.29. The van der Waals surface area contributed by atoms with E-state index in [0.717, 1.165) is 102 Å². The molecule has 0 aliphatic rings. The average molecular weight is 1440 g/mol. The topological polar surface area (TPSA) is 237 Å². The zero-order chi connectivity index (χ0) is 71.9. The van der Waals surface area contributed by atoms with Crippen LogP contribution in [0.15, 0.2) is 0 Å². The van der Waals surface area contributed by atoms with Gasteiger partial charge in [0, 0.05) is 25.7 Å². The number of aliphatic hydroxyl groups excluding tert-OH is 1. The fraction of sp³-hybridized carbons (Fsp3) is 0.949. The molecule has 98 heavy (non-hydrogen) atoms. The third-order valence-corrected chi connectivity index (χ3v) is 20.4. The third-order valence-electron chi connectivity index (χ3n) is 18.5. The Morgan fingerprint density at radius 3 is 0.694 bits per heavy atom. The van der Waals surface area contributed by atoms with E-state index < -0.39 is 97.5 Å². The van der Waals surface area contributed by atoms with Crippen molar-refractivity contribution in [2.75, 3.05) is 39.6 Å². The average Bonchev–Trinajstić information content (AvgIpc) is 1.70. The molecule has 0 aliphatic heterocycles. The fourth-order valence-corrected chi connectivity index (χ4v) is 13.8. The van der Waals surface area contributed by atoms with Crippen LogP contribution in [0.3, 0.4) is 0 Å². The molecule has 0 aromatic rings. The van der Waals surface area contributed by atoms with Crippen molar-refractivity contribution in [1.29, 1.82) is 0 Å². The molecule has 17 nitrogen and oxygen atoms in total. The van der Waals surface area contributed by atoms with Crippen molar-refractivity contribution < 1.29 is 80.2 Å². The Morgan fingerprint density at radius 1 is 0.276 bits per heavy atom. The number of phosphoric acid groups is 2. The van der Waals surface area contributed by atoms with Crippen LogP contribution in [0.25, 0.3) is 0 Å². The molecule has 0 saturated heterocycles. The monoisotopic (exact) mass is 1440 g/mol. The molecule has 0 aliphatic carbocycles. The fourth-order valence-electron chi connectivity index (χ4n) is 12.2. The van der Waals surface area contributed by atoms with Gasteiger partial charge in [-0.25, -0.2) is 9.13 Å². The van der Waals surface area contributed by atoms with E-state index in [-0.39, 0.29) is 25.7 Å². The molecule has 0 heterocycles. The SMILES string of the molecule is CCCCCCCCCCCCCCCCCCCCC(=O)OC[C@H](COP(=O)(O)OC[C@@H](O)COP(=O)(O)OC[C@@H](COC(=O)CCCCCCCCCC)OC(=O)CCCCCCCCCCCCCC(C)C)OC(=O)CCCCCCCCCCCCCCCCCCCC. The number of aliphatic hydroxyl groups is 1. The quantitative estimate of drug-likeness (QED) is 0.0222. The lowest BCUT2D eigenvalue weighted by Crippen LogP contribution is -2.30. The summed E-state index contributed by atoms with van der Waals surface area (Å²) in [6.07, 6.45) is 62.5. The van der Waals surface area contributed by atoms with Crippen LogP contribution in [-0.4, -0.2) is 96.7 Å². The Balaban J connectivity index is 5.20. The maximum atomic E-state index is 13.1. The number of rotatable bonds is 79.